The molecule has 0 spiro atoms. The number of benzene rings is 3. The Bertz CT molecular complexity index is 1740. The van der Waals surface area contributed by atoms with Gasteiger partial charge < -0.3 is 46.0 Å². The van der Waals surface area contributed by atoms with Crippen molar-refractivity contribution in [2.24, 2.45) is 0 Å². The van der Waals surface area contributed by atoms with Crippen molar-refractivity contribution in [2.75, 3.05) is 46.8 Å². The molecule has 0 aliphatic heterocycles. The molecule has 13 nitrogen and oxygen atoms in total. The zero-order valence-corrected chi connectivity index (χ0v) is 32.8. The second-order valence-corrected chi connectivity index (χ2v) is 11.0. The molecule has 0 unspecified atom stereocenters. The molecule has 2 aromatic heterocycles. The third kappa shape index (κ3) is 18.5. The van der Waals surface area contributed by atoms with Gasteiger partial charge in [0.15, 0.2) is 0 Å². The van der Waals surface area contributed by atoms with Gasteiger partial charge in [0.25, 0.3) is 6.54 Å². The van der Waals surface area contributed by atoms with E-state index >= 15 is 0 Å². The molecule has 252 valence electrons. The van der Waals surface area contributed by atoms with Crippen LogP contribution in [0.4, 0.5) is 5.69 Å². The molecule has 7 N–H and O–H groups in total. The summed E-state index contributed by atoms with van der Waals surface area (Å²) in [6.45, 7) is 7.75. The van der Waals surface area contributed by atoms with E-state index in [1.165, 1.54) is 4.70 Å². The van der Waals surface area contributed by atoms with Gasteiger partial charge in [0, 0.05) is 28.8 Å². The summed E-state index contributed by atoms with van der Waals surface area (Å²) in [5.74, 6) is 2.43. The maximum Gasteiger partial charge on any atom is 1.00 e. The molecule has 0 aliphatic carbocycles. The molecule has 48 heavy (non-hydrogen) atoms. The van der Waals surface area contributed by atoms with Gasteiger partial charge in [0.1, 0.15) is 28.3 Å². The Morgan fingerprint density at radius 2 is 1.33 bits per heavy atom. The van der Waals surface area contributed by atoms with Gasteiger partial charge in [-0.05, 0) is 43.3 Å². The maximum atomic E-state index is 8.54. The van der Waals surface area contributed by atoms with Crippen LogP contribution in [0.25, 0.3) is 25.3 Å². The Morgan fingerprint density at radius 1 is 0.854 bits per heavy atom. The number of fused-ring (bicyclic) bond motifs is 2. The second kappa shape index (κ2) is 28.9. The fourth-order valence-corrected chi connectivity index (χ4v) is 4.90. The first-order valence-electron chi connectivity index (χ1n) is 13.0. The van der Waals surface area contributed by atoms with E-state index in [-0.39, 0.29) is 82.1 Å². The summed E-state index contributed by atoms with van der Waals surface area (Å²) in [5, 5.41) is 33.3. The predicted octanol–water partition coefficient (Wildman–Crippen LogP) is 1.95. The molecule has 0 radical (unpaired) electrons. The quantitative estimate of drug-likeness (QED) is 0.0669. The number of aliphatic hydroxyl groups is 2. The van der Waals surface area contributed by atoms with Crippen LogP contribution in [0.15, 0.2) is 59.5 Å². The summed E-state index contributed by atoms with van der Waals surface area (Å²) in [6.07, 6.45) is 0.377. The summed E-state index contributed by atoms with van der Waals surface area (Å²) >= 11 is 7.36. The molecule has 2 heterocycles. The van der Waals surface area contributed by atoms with Crippen molar-refractivity contribution in [3.63, 3.8) is 0 Å². The normalized spacial score (nSPS) is 8.58. The van der Waals surface area contributed by atoms with Gasteiger partial charge in [-0.15, -0.1) is 35.3 Å². The Labute approximate surface area is 335 Å². The Kier molecular flexibility index (Phi) is 29.7. The number of hydrogen-bond donors (Lipinski definition) is 4. The van der Waals surface area contributed by atoms with Crippen LogP contribution >= 0.6 is 35.3 Å². The smallest absolute Gasteiger partial charge is 0.870 e. The monoisotopic (exact) mass is 740 g/mol. The van der Waals surface area contributed by atoms with Crippen molar-refractivity contribution in [2.45, 2.75) is 18.2 Å². The van der Waals surface area contributed by atoms with Crippen LogP contribution < -0.4 is 71.3 Å². The zero-order valence-electron chi connectivity index (χ0n) is 27.2. The number of aryl methyl sites for hydroxylation is 1. The second-order valence-electron chi connectivity index (χ2n) is 8.19. The number of nitrogens with zero attached hydrogens (tertiary/aromatic N) is 5. The standard InChI is InChI=1S/C10H8N2OS.C9H9NOS.C7H9NOS.C3H2N2.C2H6O2.K.2H2O/c1-13-7-2-3-9-8(6-7)12-10(14-9)4-5-11;1-6-10-8-5-7(11-2)3-4-9(8)12-6;1-9-5-2-3-7(10)6(8)4-5;1-5-3-2-4;3-1-2-4;;;/h2-3,6H,4H2,1H3;3-5H,1-2H3;2-4,10H,8H2,1H3;3H2;3-4H,1-2H2;;2*1H2/q;;;;;+1;;/p-1. The fraction of sp³-hybridized carbons (Fsp3) is 0.258. The largest absolute Gasteiger partial charge is 1.00 e. The number of nitriles is 2. The number of thiol groups is 1. The fourth-order valence-electron chi connectivity index (χ4n) is 3.07. The molecule has 5 rings (SSSR count). The van der Waals surface area contributed by atoms with Crippen molar-refractivity contribution in [3.8, 4) is 29.4 Å². The molecule has 0 amide bonds. The number of aromatic nitrogens is 2. The molecular weight excluding hydrogens is 704 g/mol. The van der Waals surface area contributed by atoms with Crippen molar-refractivity contribution >= 4 is 61.4 Å². The summed E-state index contributed by atoms with van der Waals surface area (Å²) in [4.78, 5) is 12.2. The van der Waals surface area contributed by atoms with Gasteiger partial charge in [-0.2, -0.15) is 10.5 Å². The van der Waals surface area contributed by atoms with Gasteiger partial charge in [-0.1, -0.05) is 0 Å². The molecule has 5 aromatic rings. The SMILES string of the molecule is COc1ccc(S)c(N)c1.COc1ccc2sc(C)nc2c1.COc1ccc2sc(CC#N)nc2c1.O.OCCO.[C-]#[N+]CC#N.[K+].[OH-]. The first-order valence-corrected chi connectivity index (χ1v) is 15.0. The molecule has 0 aliphatic rings. The molecule has 0 fully saturated rings. The Morgan fingerprint density at radius 3 is 1.75 bits per heavy atom. The number of nitrogens with two attached hydrogens (primary N) is 1. The van der Waals surface area contributed by atoms with Gasteiger partial charge >= 0.3 is 51.4 Å². The van der Waals surface area contributed by atoms with Crippen LogP contribution in [-0.2, 0) is 6.42 Å². The summed E-state index contributed by atoms with van der Waals surface area (Å²) < 4.78 is 17.4. The van der Waals surface area contributed by atoms with Crippen LogP contribution in [0.5, 0.6) is 17.2 Å². The number of ether oxygens (including phenoxy) is 3. The molecule has 0 atom stereocenters. The van der Waals surface area contributed by atoms with Crippen molar-refractivity contribution < 1.29 is 86.8 Å². The number of rotatable bonds is 5. The Balaban J connectivity index is -0.000000552. The van der Waals surface area contributed by atoms with E-state index in [1.54, 1.807) is 62.2 Å². The van der Waals surface area contributed by atoms with Gasteiger partial charge in [-0.3, -0.25) is 0 Å². The van der Waals surface area contributed by atoms with E-state index in [2.05, 4.69) is 33.5 Å². The van der Waals surface area contributed by atoms with Crippen LogP contribution in [0.1, 0.15) is 10.0 Å². The average molecular weight is 741 g/mol. The van der Waals surface area contributed by atoms with Crippen molar-refractivity contribution in [1.82, 2.24) is 9.97 Å². The molecule has 0 saturated carbocycles. The summed E-state index contributed by atoms with van der Waals surface area (Å²) in [6, 6.07) is 20.8. The number of nitrogen functional groups attached to an aromatic ring is 1. The minimum absolute atomic E-state index is 0. The van der Waals surface area contributed by atoms with Crippen LogP contribution in [0.2, 0.25) is 0 Å². The van der Waals surface area contributed by atoms with Gasteiger partial charge in [0.05, 0.1) is 72.5 Å². The predicted molar refractivity (Wildman–Crippen MR) is 188 cm³/mol. The van der Waals surface area contributed by atoms with Gasteiger partial charge in [0.2, 0.25) is 0 Å². The molecule has 0 bridgehead atoms. The zero-order chi connectivity index (χ0) is 33.6. The Hall–Kier alpha value is -3.06. The van der Waals surface area contributed by atoms with E-state index in [1.807, 2.05) is 49.4 Å². The number of methoxy groups -OCH3 is 3. The molecular formula is C31H37KN6O7S3. The molecule has 3 aromatic carbocycles. The van der Waals surface area contributed by atoms with Crippen molar-refractivity contribution in [3.05, 3.63) is 76.0 Å². The number of thiazole rings is 2. The first-order chi connectivity index (χ1) is 21.7. The topological polar surface area (TPSA) is 233 Å². The number of hydrogen-bond acceptors (Lipinski definition) is 14. The number of aliphatic hydroxyl groups excluding tert-OH is 2. The third-order valence-electron chi connectivity index (χ3n) is 5.06. The van der Waals surface area contributed by atoms with Crippen LogP contribution in [-0.4, -0.2) is 72.2 Å². The maximum absolute atomic E-state index is 8.54. The van der Waals surface area contributed by atoms with Crippen LogP contribution in [0.3, 0.4) is 0 Å². The summed E-state index contributed by atoms with van der Waals surface area (Å²) in [5.41, 5.74) is 8.11. The van der Waals surface area contributed by atoms with Crippen LogP contribution in [0, 0.1) is 36.2 Å². The molecule has 17 heteroatoms. The average Bonchev–Trinajstić information content (AvgIpc) is 3.64. The van der Waals surface area contributed by atoms with Crippen molar-refractivity contribution in [1.29, 1.82) is 10.5 Å². The first kappa shape index (κ1) is 49.3. The summed E-state index contributed by atoms with van der Waals surface area (Å²) in [7, 11) is 4.90. The van der Waals surface area contributed by atoms with E-state index < -0.39 is 0 Å². The minimum atomic E-state index is -0.125. The molecule has 0 saturated heterocycles. The van der Waals surface area contributed by atoms with E-state index in [9.17, 15) is 0 Å². The van der Waals surface area contributed by atoms with E-state index in [0.29, 0.717) is 12.1 Å². The minimum Gasteiger partial charge on any atom is -0.870 e. The third-order valence-corrected chi connectivity index (χ3v) is 7.45. The van der Waals surface area contributed by atoms with Gasteiger partial charge in [-0.25, -0.2) is 16.5 Å². The van der Waals surface area contributed by atoms with E-state index in [4.69, 9.17) is 47.3 Å². The number of anilines is 1. The van der Waals surface area contributed by atoms with E-state index in [0.717, 1.165) is 47.9 Å².